The Labute approximate surface area is 115 Å². The Bertz CT molecular complexity index is 419. The van der Waals surface area contributed by atoms with Crippen LogP contribution in [0.5, 0.6) is 0 Å². The molecule has 1 aromatic rings. The highest BCUT2D eigenvalue weighted by atomic mass is 35.5. The van der Waals surface area contributed by atoms with Crippen molar-refractivity contribution in [2.45, 2.75) is 40.7 Å². The average Bonchev–Trinajstić information content (AvgIpc) is 2.24. The number of benzene rings is 1. The van der Waals surface area contributed by atoms with E-state index in [2.05, 4.69) is 33.0 Å². The van der Waals surface area contributed by atoms with E-state index in [4.69, 9.17) is 11.6 Å². The Hall–Kier alpha value is -1.02. The number of carbonyl (C=O) groups is 1. The zero-order valence-electron chi connectivity index (χ0n) is 11.8. The minimum Gasteiger partial charge on any atom is -0.349 e. The first-order valence-electron chi connectivity index (χ1n) is 6.40. The number of hydrogen-bond acceptors (Lipinski definition) is 1. The third kappa shape index (κ3) is 3.74. The lowest BCUT2D eigenvalue weighted by atomic mass is 9.93. The summed E-state index contributed by atoms with van der Waals surface area (Å²) in [6.45, 7) is 10.4. The molecule has 0 bridgehead atoms. The van der Waals surface area contributed by atoms with Crippen molar-refractivity contribution in [3.63, 3.8) is 0 Å². The van der Waals surface area contributed by atoms with Gasteiger partial charge in [0.15, 0.2) is 0 Å². The van der Waals surface area contributed by atoms with Crippen molar-refractivity contribution in [3.05, 3.63) is 34.3 Å². The number of amides is 1. The summed E-state index contributed by atoms with van der Waals surface area (Å²) in [7, 11) is 0. The molecule has 0 aliphatic heterocycles. The molecular formula is C15H22ClNO. The van der Waals surface area contributed by atoms with Gasteiger partial charge >= 0.3 is 0 Å². The van der Waals surface area contributed by atoms with Crippen LogP contribution in [0, 0.1) is 18.8 Å². The molecule has 0 heterocycles. The van der Waals surface area contributed by atoms with Gasteiger partial charge in [-0.25, -0.2) is 0 Å². The minimum absolute atomic E-state index is 0.0904. The lowest BCUT2D eigenvalue weighted by Crippen LogP contribution is -2.42. The van der Waals surface area contributed by atoms with Crippen molar-refractivity contribution < 1.29 is 4.79 Å². The predicted molar refractivity (Wildman–Crippen MR) is 77.1 cm³/mol. The fraction of sp³-hybridized carbons (Fsp3) is 0.533. The van der Waals surface area contributed by atoms with Crippen LogP contribution >= 0.6 is 11.6 Å². The van der Waals surface area contributed by atoms with E-state index in [1.165, 1.54) is 0 Å². The first kappa shape index (κ1) is 15.0. The van der Waals surface area contributed by atoms with Crippen molar-refractivity contribution in [1.82, 2.24) is 5.32 Å². The Morgan fingerprint density at radius 3 is 2.17 bits per heavy atom. The standard InChI is InChI=1S/C15H22ClNO/c1-9(2)14(10(3)4)17-15(18)12-7-6-11(5)8-13(12)16/h6-10,14H,1-5H3,(H,17,18). The van der Waals surface area contributed by atoms with Crippen molar-refractivity contribution in [2.24, 2.45) is 11.8 Å². The fourth-order valence-electron chi connectivity index (χ4n) is 2.14. The van der Waals surface area contributed by atoms with Crippen LogP contribution in [0.4, 0.5) is 0 Å². The van der Waals surface area contributed by atoms with E-state index >= 15 is 0 Å². The number of halogens is 1. The first-order valence-corrected chi connectivity index (χ1v) is 6.77. The Morgan fingerprint density at radius 2 is 1.72 bits per heavy atom. The van der Waals surface area contributed by atoms with E-state index in [9.17, 15) is 4.79 Å². The van der Waals surface area contributed by atoms with Gasteiger partial charge in [-0.3, -0.25) is 4.79 Å². The molecule has 2 nitrogen and oxygen atoms in total. The molecule has 1 rings (SSSR count). The number of hydrogen-bond donors (Lipinski definition) is 1. The highest BCUT2D eigenvalue weighted by Gasteiger charge is 2.21. The molecule has 100 valence electrons. The predicted octanol–water partition coefficient (Wildman–Crippen LogP) is 4.06. The SMILES string of the molecule is Cc1ccc(C(=O)NC(C(C)C)C(C)C)c(Cl)c1. The van der Waals surface area contributed by atoms with Gasteiger partial charge in [-0.2, -0.15) is 0 Å². The number of aryl methyl sites for hydroxylation is 1. The quantitative estimate of drug-likeness (QED) is 0.876. The Kier molecular flexibility index (Phi) is 5.21. The van der Waals surface area contributed by atoms with Gasteiger partial charge in [0.2, 0.25) is 0 Å². The number of nitrogens with one attached hydrogen (secondary N) is 1. The van der Waals surface area contributed by atoms with Crippen molar-refractivity contribution in [1.29, 1.82) is 0 Å². The number of carbonyl (C=O) groups excluding carboxylic acids is 1. The van der Waals surface area contributed by atoms with Gasteiger partial charge in [-0.05, 0) is 36.5 Å². The van der Waals surface area contributed by atoms with Crippen LogP contribution in [0.1, 0.15) is 43.6 Å². The summed E-state index contributed by atoms with van der Waals surface area (Å²) in [6.07, 6.45) is 0. The van der Waals surface area contributed by atoms with Crippen LogP contribution in [0.3, 0.4) is 0 Å². The third-order valence-electron chi connectivity index (χ3n) is 3.10. The molecule has 0 saturated carbocycles. The first-order chi connectivity index (χ1) is 8.32. The molecule has 0 unspecified atom stereocenters. The summed E-state index contributed by atoms with van der Waals surface area (Å²) < 4.78 is 0. The summed E-state index contributed by atoms with van der Waals surface area (Å²) >= 11 is 6.11. The second-order valence-electron chi connectivity index (χ2n) is 5.47. The molecule has 1 aromatic carbocycles. The van der Waals surface area contributed by atoms with Gasteiger partial charge in [-0.15, -0.1) is 0 Å². The summed E-state index contributed by atoms with van der Waals surface area (Å²) in [5.74, 6) is 0.712. The zero-order chi connectivity index (χ0) is 13.9. The van der Waals surface area contributed by atoms with Crippen LogP contribution in [0.25, 0.3) is 0 Å². The van der Waals surface area contributed by atoms with E-state index in [1.807, 2.05) is 19.1 Å². The maximum Gasteiger partial charge on any atom is 0.253 e. The molecule has 1 amide bonds. The molecule has 0 saturated heterocycles. The maximum atomic E-state index is 12.2. The van der Waals surface area contributed by atoms with Crippen LogP contribution in [-0.2, 0) is 0 Å². The summed E-state index contributed by atoms with van der Waals surface area (Å²) in [5, 5.41) is 3.58. The highest BCUT2D eigenvalue weighted by molar-refractivity contribution is 6.33. The Balaban J connectivity index is 2.87. The second-order valence-corrected chi connectivity index (χ2v) is 5.88. The van der Waals surface area contributed by atoms with Crippen LogP contribution in [-0.4, -0.2) is 11.9 Å². The van der Waals surface area contributed by atoms with Crippen molar-refractivity contribution in [2.75, 3.05) is 0 Å². The molecule has 0 aromatic heterocycles. The molecule has 0 spiro atoms. The lowest BCUT2D eigenvalue weighted by molar-refractivity contribution is 0.0910. The second kappa shape index (κ2) is 6.24. The molecule has 3 heteroatoms. The smallest absolute Gasteiger partial charge is 0.253 e. The summed E-state index contributed by atoms with van der Waals surface area (Å²) in [4.78, 5) is 12.2. The molecular weight excluding hydrogens is 246 g/mol. The molecule has 0 aliphatic rings. The molecule has 0 fully saturated rings. The van der Waals surface area contributed by atoms with E-state index < -0.39 is 0 Å². The van der Waals surface area contributed by atoms with Crippen molar-refractivity contribution in [3.8, 4) is 0 Å². The monoisotopic (exact) mass is 267 g/mol. The molecule has 0 atom stereocenters. The molecule has 0 aliphatic carbocycles. The maximum absolute atomic E-state index is 12.2. The topological polar surface area (TPSA) is 29.1 Å². The summed E-state index contributed by atoms with van der Waals surface area (Å²) in [5.41, 5.74) is 1.61. The molecule has 0 radical (unpaired) electrons. The van der Waals surface area contributed by atoms with Crippen molar-refractivity contribution >= 4 is 17.5 Å². The highest BCUT2D eigenvalue weighted by Crippen LogP contribution is 2.19. The van der Waals surface area contributed by atoms with Gasteiger partial charge in [-0.1, -0.05) is 45.4 Å². The van der Waals surface area contributed by atoms with Crippen LogP contribution in [0.15, 0.2) is 18.2 Å². The van der Waals surface area contributed by atoms with Crippen LogP contribution in [0.2, 0.25) is 5.02 Å². The lowest BCUT2D eigenvalue weighted by Gasteiger charge is -2.26. The molecule has 1 N–H and O–H groups in total. The largest absolute Gasteiger partial charge is 0.349 e. The van der Waals surface area contributed by atoms with E-state index in [1.54, 1.807) is 6.07 Å². The van der Waals surface area contributed by atoms with E-state index in [-0.39, 0.29) is 11.9 Å². The van der Waals surface area contributed by atoms with Gasteiger partial charge in [0.25, 0.3) is 5.91 Å². The van der Waals surface area contributed by atoms with Gasteiger partial charge in [0.1, 0.15) is 0 Å². The van der Waals surface area contributed by atoms with E-state index in [0.717, 1.165) is 5.56 Å². The van der Waals surface area contributed by atoms with Gasteiger partial charge in [0, 0.05) is 6.04 Å². The van der Waals surface area contributed by atoms with Crippen LogP contribution < -0.4 is 5.32 Å². The van der Waals surface area contributed by atoms with Gasteiger partial charge < -0.3 is 5.32 Å². The number of rotatable bonds is 4. The minimum atomic E-state index is -0.0904. The van der Waals surface area contributed by atoms with E-state index in [0.29, 0.717) is 22.4 Å². The summed E-state index contributed by atoms with van der Waals surface area (Å²) in [6, 6.07) is 5.66. The van der Waals surface area contributed by atoms with Gasteiger partial charge in [0.05, 0.1) is 10.6 Å². The normalized spacial score (nSPS) is 11.4. The zero-order valence-corrected chi connectivity index (χ0v) is 12.5. The molecule has 18 heavy (non-hydrogen) atoms. The third-order valence-corrected chi connectivity index (χ3v) is 3.42. The Morgan fingerprint density at radius 1 is 1.17 bits per heavy atom. The average molecular weight is 268 g/mol. The fourth-order valence-corrected chi connectivity index (χ4v) is 2.46.